The molecule has 1 unspecified atom stereocenters. The Morgan fingerprint density at radius 2 is 1.93 bits per heavy atom. The van der Waals surface area contributed by atoms with Crippen molar-refractivity contribution in [2.75, 3.05) is 0 Å². The Balaban J connectivity index is 4.55. The van der Waals surface area contributed by atoms with Crippen LogP contribution in [0.15, 0.2) is 11.3 Å². The van der Waals surface area contributed by atoms with Crippen molar-refractivity contribution in [3.05, 3.63) is 11.3 Å². The lowest BCUT2D eigenvalue weighted by atomic mass is 10.1. The van der Waals surface area contributed by atoms with Crippen LogP contribution in [-0.4, -0.2) is 14.4 Å². The van der Waals surface area contributed by atoms with Gasteiger partial charge in [-0.25, -0.2) is 0 Å². The molecule has 0 saturated heterocycles. The van der Waals surface area contributed by atoms with E-state index in [1.165, 1.54) is 18.0 Å². The molecule has 0 amide bonds. The number of unbranched alkanes of at least 4 members (excludes halogenated alkanes) is 2. The van der Waals surface area contributed by atoms with E-state index in [1.807, 2.05) is 6.92 Å². The fraction of sp³-hybridized carbons (Fsp3) is 0.750. The van der Waals surface area contributed by atoms with Crippen LogP contribution in [0.2, 0.25) is 19.6 Å². The van der Waals surface area contributed by atoms with E-state index in [0.717, 1.165) is 12.7 Å². The molecule has 14 heavy (non-hydrogen) atoms. The molecule has 0 aromatic rings. The molecular weight excluding hydrogens is 188 g/mol. The van der Waals surface area contributed by atoms with Gasteiger partial charge in [0, 0.05) is 5.92 Å². The summed E-state index contributed by atoms with van der Waals surface area (Å²) in [6.45, 7) is 11.1. The van der Waals surface area contributed by atoms with Crippen molar-refractivity contribution >= 4 is 14.4 Å². The van der Waals surface area contributed by atoms with Crippen LogP contribution in [-0.2, 0) is 4.79 Å². The summed E-state index contributed by atoms with van der Waals surface area (Å²) >= 11 is 0. The molecule has 82 valence electrons. The van der Waals surface area contributed by atoms with Gasteiger partial charge in [-0.1, -0.05) is 57.6 Å². The number of aldehydes is 1. The first kappa shape index (κ1) is 13.6. The van der Waals surface area contributed by atoms with E-state index in [1.54, 1.807) is 0 Å². The van der Waals surface area contributed by atoms with Gasteiger partial charge in [0.25, 0.3) is 0 Å². The second kappa shape index (κ2) is 6.17. The Bertz CT molecular complexity index is 201. The number of hydrogen-bond donors (Lipinski definition) is 0. The third kappa shape index (κ3) is 4.75. The zero-order valence-corrected chi connectivity index (χ0v) is 11.3. The van der Waals surface area contributed by atoms with Crippen LogP contribution in [0.5, 0.6) is 0 Å². The van der Waals surface area contributed by atoms with Gasteiger partial charge in [0.2, 0.25) is 0 Å². The molecule has 0 saturated carbocycles. The quantitative estimate of drug-likeness (QED) is 0.372. The average molecular weight is 212 g/mol. The molecule has 0 aliphatic heterocycles. The van der Waals surface area contributed by atoms with Gasteiger partial charge in [-0.2, -0.15) is 0 Å². The lowest BCUT2D eigenvalue weighted by molar-refractivity contribution is -0.109. The fourth-order valence-electron chi connectivity index (χ4n) is 1.71. The highest BCUT2D eigenvalue weighted by Crippen LogP contribution is 2.22. The molecule has 0 fully saturated rings. The molecule has 0 heterocycles. The Morgan fingerprint density at radius 3 is 2.29 bits per heavy atom. The van der Waals surface area contributed by atoms with E-state index in [0.29, 0.717) is 0 Å². The highest BCUT2D eigenvalue weighted by atomic mass is 28.3. The Kier molecular flexibility index (Phi) is 6.01. The van der Waals surface area contributed by atoms with Crippen LogP contribution >= 0.6 is 0 Å². The van der Waals surface area contributed by atoms with Crippen LogP contribution in [0.25, 0.3) is 0 Å². The normalized spacial score (nSPS) is 15.4. The van der Waals surface area contributed by atoms with E-state index in [-0.39, 0.29) is 5.92 Å². The molecule has 0 rings (SSSR count). The predicted molar refractivity (Wildman–Crippen MR) is 66.2 cm³/mol. The van der Waals surface area contributed by atoms with Crippen LogP contribution < -0.4 is 0 Å². The van der Waals surface area contributed by atoms with E-state index >= 15 is 0 Å². The SMILES string of the molecule is CCCC/C=C(/C(C)C=O)[Si](C)(C)C. The summed E-state index contributed by atoms with van der Waals surface area (Å²) in [6, 6.07) is 0. The van der Waals surface area contributed by atoms with Crippen molar-refractivity contribution in [2.45, 2.75) is 52.8 Å². The van der Waals surface area contributed by atoms with Crippen molar-refractivity contribution < 1.29 is 4.79 Å². The number of hydrogen-bond acceptors (Lipinski definition) is 1. The van der Waals surface area contributed by atoms with Crippen molar-refractivity contribution in [1.29, 1.82) is 0 Å². The number of carbonyl (C=O) groups excluding carboxylic acids is 1. The molecule has 0 spiro atoms. The minimum absolute atomic E-state index is 0.124. The molecule has 0 radical (unpaired) electrons. The molecule has 0 aliphatic rings. The van der Waals surface area contributed by atoms with E-state index in [9.17, 15) is 4.79 Å². The van der Waals surface area contributed by atoms with Crippen molar-refractivity contribution in [2.24, 2.45) is 5.92 Å². The van der Waals surface area contributed by atoms with Crippen molar-refractivity contribution in [1.82, 2.24) is 0 Å². The van der Waals surface area contributed by atoms with Crippen LogP contribution in [0, 0.1) is 5.92 Å². The van der Waals surface area contributed by atoms with Gasteiger partial charge in [-0.15, -0.1) is 0 Å². The maximum atomic E-state index is 10.8. The van der Waals surface area contributed by atoms with Crippen LogP contribution in [0.4, 0.5) is 0 Å². The van der Waals surface area contributed by atoms with Gasteiger partial charge in [-0.3, -0.25) is 0 Å². The molecule has 0 N–H and O–H groups in total. The smallest absolute Gasteiger partial charge is 0.126 e. The van der Waals surface area contributed by atoms with E-state index in [4.69, 9.17) is 0 Å². The van der Waals surface area contributed by atoms with Gasteiger partial charge in [0.15, 0.2) is 0 Å². The monoisotopic (exact) mass is 212 g/mol. The molecule has 0 aromatic heterocycles. The summed E-state index contributed by atoms with van der Waals surface area (Å²) in [6.07, 6.45) is 6.99. The molecule has 0 bridgehead atoms. The molecule has 0 aliphatic carbocycles. The highest BCUT2D eigenvalue weighted by molar-refractivity contribution is 6.83. The summed E-state index contributed by atoms with van der Waals surface area (Å²) in [5.41, 5.74) is 0. The largest absolute Gasteiger partial charge is 0.303 e. The first-order valence-corrected chi connectivity index (χ1v) is 9.09. The minimum atomic E-state index is -1.29. The van der Waals surface area contributed by atoms with E-state index in [2.05, 4.69) is 32.6 Å². The molecule has 1 atom stereocenters. The topological polar surface area (TPSA) is 17.1 Å². The standard InChI is InChI=1S/C12H24OSi/c1-6-7-8-9-12(11(2)10-13)14(3,4)5/h9-11H,6-8H2,1-5H3/b12-9-. The summed E-state index contributed by atoms with van der Waals surface area (Å²) in [5, 5.41) is 1.42. The molecule has 2 heteroatoms. The lowest BCUT2D eigenvalue weighted by Crippen LogP contribution is -2.28. The maximum Gasteiger partial charge on any atom is 0.126 e. The van der Waals surface area contributed by atoms with Gasteiger partial charge in [0.1, 0.15) is 6.29 Å². The highest BCUT2D eigenvalue weighted by Gasteiger charge is 2.23. The van der Waals surface area contributed by atoms with Gasteiger partial charge < -0.3 is 4.79 Å². The van der Waals surface area contributed by atoms with Crippen molar-refractivity contribution in [3.63, 3.8) is 0 Å². The minimum Gasteiger partial charge on any atom is -0.303 e. The second-order valence-corrected chi connectivity index (χ2v) is 10.1. The van der Waals surface area contributed by atoms with Gasteiger partial charge >= 0.3 is 0 Å². The Hall–Kier alpha value is -0.373. The predicted octanol–water partition coefficient (Wildman–Crippen LogP) is 3.82. The fourth-order valence-corrected chi connectivity index (χ4v) is 3.90. The van der Waals surface area contributed by atoms with E-state index < -0.39 is 8.07 Å². The number of carbonyl (C=O) groups is 1. The maximum absolute atomic E-state index is 10.8. The third-order valence-electron chi connectivity index (χ3n) is 2.48. The zero-order valence-electron chi connectivity index (χ0n) is 10.3. The first-order valence-electron chi connectivity index (χ1n) is 5.59. The summed E-state index contributed by atoms with van der Waals surface area (Å²) in [7, 11) is -1.29. The van der Waals surface area contributed by atoms with Gasteiger partial charge in [-0.05, 0) is 6.42 Å². The van der Waals surface area contributed by atoms with Crippen molar-refractivity contribution in [3.8, 4) is 0 Å². The lowest BCUT2D eigenvalue weighted by Gasteiger charge is -2.23. The molecule has 1 nitrogen and oxygen atoms in total. The van der Waals surface area contributed by atoms with Crippen LogP contribution in [0.3, 0.4) is 0 Å². The average Bonchev–Trinajstić information content (AvgIpc) is 2.09. The molecular formula is C12H24OSi. The molecule has 0 aromatic carbocycles. The number of rotatable bonds is 6. The third-order valence-corrected chi connectivity index (χ3v) is 4.87. The Labute approximate surface area is 89.6 Å². The second-order valence-electron chi connectivity index (χ2n) is 4.98. The summed E-state index contributed by atoms with van der Waals surface area (Å²) in [5.74, 6) is 0.124. The summed E-state index contributed by atoms with van der Waals surface area (Å²) < 4.78 is 0. The van der Waals surface area contributed by atoms with Crippen LogP contribution in [0.1, 0.15) is 33.1 Å². The first-order chi connectivity index (χ1) is 6.43. The van der Waals surface area contributed by atoms with Gasteiger partial charge in [0.05, 0.1) is 8.07 Å². The summed E-state index contributed by atoms with van der Waals surface area (Å²) in [4.78, 5) is 10.8. The zero-order chi connectivity index (χ0) is 11.2. The Morgan fingerprint density at radius 1 is 1.36 bits per heavy atom. The number of allylic oxidation sites excluding steroid dienone is 2.